The first-order valence-electron chi connectivity index (χ1n) is 8.52. The summed E-state index contributed by atoms with van der Waals surface area (Å²) >= 11 is 0. The molecular formula is C20H27N3O4. The van der Waals surface area contributed by atoms with Gasteiger partial charge < -0.3 is 29.6 Å². The molecule has 0 radical (unpaired) electrons. The number of guanidine groups is 1. The van der Waals surface area contributed by atoms with E-state index in [2.05, 4.69) is 15.6 Å². The maximum Gasteiger partial charge on any atom is 0.191 e. The largest absolute Gasteiger partial charge is 0.497 e. The van der Waals surface area contributed by atoms with E-state index in [1.807, 2.05) is 36.4 Å². The molecule has 27 heavy (non-hydrogen) atoms. The Bertz CT molecular complexity index is 778. The van der Waals surface area contributed by atoms with Crippen molar-refractivity contribution in [1.29, 1.82) is 0 Å². The van der Waals surface area contributed by atoms with Gasteiger partial charge in [0.05, 0.1) is 28.4 Å². The number of aliphatic imine (C=N–C) groups is 1. The lowest BCUT2D eigenvalue weighted by Gasteiger charge is -2.16. The smallest absolute Gasteiger partial charge is 0.191 e. The van der Waals surface area contributed by atoms with Gasteiger partial charge in [0.25, 0.3) is 0 Å². The fraction of sp³-hybridized carbons (Fsp3) is 0.350. The number of hydrogen-bond donors (Lipinski definition) is 2. The number of methoxy groups -OCH3 is 4. The van der Waals surface area contributed by atoms with Crippen LogP contribution in [0.1, 0.15) is 11.1 Å². The van der Waals surface area contributed by atoms with E-state index in [0.29, 0.717) is 30.5 Å². The zero-order chi connectivity index (χ0) is 19.6. The summed E-state index contributed by atoms with van der Waals surface area (Å²) in [7, 11) is 8.25. The Hall–Kier alpha value is -3.09. The van der Waals surface area contributed by atoms with Gasteiger partial charge in [0.1, 0.15) is 11.5 Å². The van der Waals surface area contributed by atoms with E-state index in [-0.39, 0.29) is 0 Å². The Morgan fingerprint density at radius 3 is 2.11 bits per heavy atom. The van der Waals surface area contributed by atoms with Gasteiger partial charge in [-0.25, -0.2) is 0 Å². The first-order chi connectivity index (χ1) is 13.2. The van der Waals surface area contributed by atoms with Gasteiger partial charge >= 0.3 is 0 Å². The molecule has 146 valence electrons. The lowest BCUT2D eigenvalue weighted by atomic mass is 10.2. The van der Waals surface area contributed by atoms with E-state index in [1.165, 1.54) is 0 Å². The molecule has 0 spiro atoms. The minimum atomic E-state index is 0.541. The Morgan fingerprint density at radius 2 is 1.52 bits per heavy atom. The third kappa shape index (κ3) is 5.20. The van der Waals surface area contributed by atoms with Crippen LogP contribution in [-0.4, -0.2) is 41.4 Å². The van der Waals surface area contributed by atoms with Gasteiger partial charge in [-0.3, -0.25) is 4.99 Å². The van der Waals surface area contributed by atoms with Crippen LogP contribution in [0.3, 0.4) is 0 Å². The van der Waals surface area contributed by atoms with Crippen LogP contribution in [0.4, 0.5) is 0 Å². The van der Waals surface area contributed by atoms with Crippen LogP contribution in [0.5, 0.6) is 23.0 Å². The Kier molecular flexibility index (Phi) is 7.61. The number of rotatable bonds is 8. The molecule has 0 aliphatic rings. The van der Waals surface area contributed by atoms with Crippen molar-refractivity contribution in [2.24, 2.45) is 4.99 Å². The quantitative estimate of drug-likeness (QED) is 0.547. The molecule has 0 aromatic heterocycles. The molecule has 0 fully saturated rings. The van der Waals surface area contributed by atoms with E-state index in [4.69, 9.17) is 18.9 Å². The predicted molar refractivity (Wildman–Crippen MR) is 106 cm³/mol. The van der Waals surface area contributed by atoms with E-state index >= 15 is 0 Å². The molecule has 0 unspecified atom stereocenters. The van der Waals surface area contributed by atoms with Crippen LogP contribution < -0.4 is 29.6 Å². The maximum atomic E-state index is 5.46. The van der Waals surface area contributed by atoms with E-state index in [9.17, 15) is 0 Å². The molecular weight excluding hydrogens is 346 g/mol. The van der Waals surface area contributed by atoms with Crippen LogP contribution >= 0.6 is 0 Å². The topological polar surface area (TPSA) is 73.3 Å². The predicted octanol–water partition coefficient (Wildman–Crippen LogP) is 2.59. The van der Waals surface area contributed by atoms with Crippen molar-refractivity contribution in [3.8, 4) is 23.0 Å². The van der Waals surface area contributed by atoms with Crippen LogP contribution in [0.15, 0.2) is 41.4 Å². The summed E-state index contributed by atoms with van der Waals surface area (Å²) in [6.45, 7) is 1.10. The van der Waals surface area contributed by atoms with Crippen molar-refractivity contribution in [2.45, 2.75) is 13.1 Å². The monoisotopic (exact) mass is 373 g/mol. The van der Waals surface area contributed by atoms with E-state index in [0.717, 1.165) is 22.6 Å². The Balaban J connectivity index is 2.01. The third-order valence-corrected chi connectivity index (χ3v) is 4.09. The molecule has 0 bridgehead atoms. The second kappa shape index (κ2) is 10.2. The summed E-state index contributed by atoms with van der Waals surface area (Å²) in [5.41, 5.74) is 1.97. The average Bonchev–Trinajstić information content (AvgIpc) is 2.73. The Morgan fingerprint density at radius 1 is 0.815 bits per heavy atom. The molecule has 2 aromatic rings. The normalized spacial score (nSPS) is 10.9. The second-order valence-corrected chi connectivity index (χ2v) is 5.61. The van der Waals surface area contributed by atoms with Crippen LogP contribution in [0.2, 0.25) is 0 Å². The molecule has 0 saturated carbocycles. The molecule has 0 saturated heterocycles. The van der Waals surface area contributed by atoms with Crippen LogP contribution in [0.25, 0.3) is 0 Å². The van der Waals surface area contributed by atoms with E-state index in [1.54, 1.807) is 35.5 Å². The van der Waals surface area contributed by atoms with Gasteiger partial charge in [-0.2, -0.15) is 0 Å². The molecule has 2 rings (SSSR count). The molecule has 0 amide bonds. The number of nitrogens with zero attached hydrogens (tertiary/aromatic N) is 1. The summed E-state index contributed by atoms with van der Waals surface area (Å²) in [5, 5.41) is 6.56. The van der Waals surface area contributed by atoms with Crippen LogP contribution in [0, 0.1) is 0 Å². The van der Waals surface area contributed by atoms with Crippen molar-refractivity contribution in [3.05, 3.63) is 47.5 Å². The summed E-state index contributed by atoms with van der Waals surface area (Å²) in [4.78, 5) is 4.26. The summed E-state index contributed by atoms with van der Waals surface area (Å²) in [6, 6.07) is 11.5. The SMILES string of the molecule is CN=C(NCc1ccc(OC)cc1OC)NCc1cccc(OC)c1OC. The number of ether oxygens (including phenoxy) is 4. The molecule has 0 heterocycles. The number of para-hydroxylation sites is 1. The lowest BCUT2D eigenvalue weighted by molar-refractivity contribution is 0.351. The minimum absolute atomic E-state index is 0.541. The molecule has 7 nitrogen and oxygen atoms in total. The first kappa shape index (κ1) is 20.2. The zero-order valence-corrected chi connectivity index (χ0v) is 16.5. The molecule has 2 aromatic carbocycles. The van der Waals surface area contributed by atoms with Crippen molar-refractivity contribution in [3.63, 3.8) is 0 Å². The molecule has 7 heteroatoms. The number of hydrogen-bond acceptors (Lipinski definition) is 5. The van der Waals surface area contributed by atoms with Gasteiger partial charge in [-0.15, -0.1) is 0 Å². The highest BCUT2D eigenvalue weighted by atomic mass is 16.5. The highest BCUT2D eigenvalue weighted by Crippen LogP contribution is 2.30. The fourth-order valence-electron chi connectivity index (χ4n) is 2.67. The maximum absolute atomic E-state index is 5.46. The average molecular weight is 373 g/mol. The van der Waals surface area contributed by atoms with Gasteiger partial charge in [-0.05, 0) is 18.2 Å². The lowest BCUT2D eigenvalue weighted by Crippen LogP contribution is -2.36. The fourth-order valence-corrected chi connectivity index (χ4v) is 2.67. The van der Waals surface area contributed by atoms with Gasteiger partial charge in [-0.1, -0.05) is 12.1 Å². The first-order valence-corrected chi connectivity index (χ1v) is 8.52. The van der Waals surface area contributed by atoms with Gasteiger partial charge in [0.15, 0.2) is 17.5 Å². The minimum Gasteiger partial charge on any atom is -0.497 e. The summed E-state index contributed by atoms with van der Waals surface area (Å²) in [5.74, 6) is 3.58. The molecule has 0 atom stereocenters. The molecule has 0 aliphatic carbocycles. The van der Waals surface area contributed by atoms with Crippen molar-refractivity contribution >= 4 is 5.96 Å². The van der Waals surface area contributed by atoms with Gasteiger partial charge in [0.2, 0.25) is 0 Å². The standard InChI is InChI=1S/C20H27N3O4/c1-21-20(22-12-14-9-10-16(24-2)11-18(14)26-4)23-13-15-7-6-8-17(25-3)19(15)27-5/h6-11H,12-13H2,1-5H3,(H2,21,22,23). The Labute approximate surface area is 160 Å². The molecule has 2 N–H and O–H groups in total. The highest BCUT2D eigenvalue weighted by molar-refractivity contribution is 5.79. The summed E-state index contributed by atoms with van der Waals surface area (Å²) in [6.07, 6.45) is 0. The van der Waals surface area contributed by atoms with Gasteiger partial charge in [0, 0.05) is 37.3 Å². The number of benzene rings is 2. The summed E-state index contributed by atoms with van der Waals surface area (Å²) < 4.78 is 21.5. The highest BCUT2D eigenvalue weighted by Gasteiger charge is 2.10. The van der Waals surface area contributed by atoms with Crippen molar-refractivity contribution < 1.29 is 18.9 Å². The number of nitrogens with one attached hydrogen (secondary N) is 2. The van der Waals surface area contributed by atoms with Crippen molar-refractivity contribution in [2.75, 3.05) is 35.5 Å². The van der Waals surface area contributed by atoms with Crippen molar-refractivity contribution in [1.82, 2.24) is 10.6 Å². The molecule has 0 aliphatic heterocycles. The van der Waals surface area contributed by atoms with Crippen LogP contribution in [-0.2, 0) is 13.1 Å². The zero-order valence-electron chi connectivity index (χ0n) is 16.5. The van der Waals surface area contributed by atoms with E-state index < -0.39 is 0 Å². The third-order valence-electron chi connectivity index (χ3n) is 4.09. The second-order valence-electron chi connectivity index (χ2n) is 5.61.